The third-order valence-electron chi connectivity index (χ3n) is 4.58. The van der Waals surface area contributed by atoms with Gasteiger partial charge in [-0.3, -0.25) is 4.79 Å². The van der Waals surface area contributed by atoms with Crippen LogP contribution < -0.4 is 15.0 Å². The Balaban J connectivity index is 2.08. The number of aryl methyl sites for hydroxylation is 1. The lowest BCUT2D eigenvalue weighted by atomic mass is 10.2. The molecule has 0 saturated heterocycles. The number of hydrogen-bond donors (Lipinski definition) is 0. The minimum Gasteiger partial charge on any atom is -0.493 e. The minimum absolute atomic E-state index is 0.206. The van der Waals surface area contributed by atoms with E-state index in [0.29, 0.717) is 41.3 Å². The van der Waals surface area contributed by atoms with Crippen molar-refractivity contribution in [2.45, 2.75) is 26.2 Å². The minimum atomic E-state index is -0.206. The van der Waals surface area contributed by atoms with Gasteiger partial charge in [0.25, 0.3) is 5.56 Å². The first-order valence-corrected chi connectivity index (χ1v) is 11.4. The lowest BCUT2D eigenvalue weighted by Gasteiger charge is -2.12. The monoisotopic (exact) mass is 547 g/mol. The zero-order valence-electron chi connectivity index (χ0n) is 17.4. The van der Waals surface area contributed by atoms with Crippen molar-refractivity contribution in [2.75, 3.05) is 13.7 Å². The number of ether oxygens (including phenoxy) is 2. The molecule has 2 aromatic carbocycles. The number of hydrogen-bond acceptors (Lipinski definition) is 5. The lowest BCUT2D eigenvalue weighted by Crippen LogP contribution is -2.22. The first-order valence-electron chi connectivity index (χ1n) is 9.85. The van der Waals surface area contributed by atoms with Gasteiger partial charge in [0.1, 0.15) is 12.4 Å². The summed E-state index contributed by atoms with van der Waals surface area (Å²) in [7, 11) is 1.57. The maximum atomic E-state index is 13.2. The molecule has 0 N–H and O–H groups in total. The Morgan fingerprint density at radius 1 is 1.23 bits per heavy atom. The van der Waals surface area contributed by atoms with Crippen LogP contribution >= 0.6 is 31.9 Å². The Morgan fingerprint density at radius 3 is 2.74 bits per heavy atom. The van der Waals surface area contributed by atoms with Crippen LogP contribution in [0.2, 0.25) is 0 Å². The molecule has 3 aromatic rings. The molecular weight excluding hydrogens is 526 g/mol. The molecule has 0 spiro atoms. The van der Waals surface area contributed by atoms with E-state index in [2.05, 4.69) is 50.5 Å². The van der Waals surface area contributed by atoms with Gasteiger partial charge in [-0.1, -0.05) is 41.9 Å². The smallest absolute Gasteiger partial charge is 0.282 e. The van der Waals surface area contributed by atoms with Crippen LogP contribution in [0.25, 0.3) is 10.9 Å². The summed E-state index contributed by atoms with van der Waals surface area (Å²) in [5, 5.41) is 5.01. The average Bonchev–Trinajstić information content (AvgIpc) is 2.77. The van der Waals surface area contributed by atoms with Gasteiger partial charge in [0.05, 0.1) is 24.2 Å². The first-order chi connectivity index (χ1) is 15.0. The molecule has 8 heteroatoms. The van der Waals surface area contributed by atoms with E-state index in [0.717, 1.165) is 27.4 Å². The molecule has 0 atom stereocenters. The summed E-state index contributed by atoms with van der Waals surface area (Å²) >= 11 is 6.97. The van der Waals surface area contributed by atoms with Crippen molar-refractivity contribution in [2.24, 2.45) is 5.10 Å². The number of unbranched alkanes of at least 4 members (excludes halogenated alkanes) is 1. The third-order valence-corrected chi connectivity index (χ3v) is 5.76. The normalized spacial score (nSPS) is 11.2. The summed E-state index contributed by atoms with van der Waals surface area (Å²) in [4.78, 5) is 17.9. The fourth-order valence-corrected chi connectivity index (χ4v) is 3.79. The standard InChI is InChI=1S/C23H23Br2N3O3/c1-4-6-7-22-27-19-9-8-16(24)12-17(19)23(29)28(22)26-14-15-11-20(30-3)21(13-18(15)25)31-10-5-2/h5,8-9,11-14H,2,4,6-7,10H2,1,3H3. The molecule has 31 heavy (non-hydrogen) atoms. The van der Waals surface area contributed by atoms with Crippen molar-refractivity contribution in [1.82, 2.24) is 9.66 Å². The lowest BCUT2D eigenvalue weighted by molar-refractivity contribution is 0.326. The number of fused-ring (bicyclic) bond motifs is 1. The van der Waals surface area contributed by atoms with Gasteiger partial charge in [0, 0.05) is 20.9 Å². The van der Waals surface area contributed by atoms with Crippen LogP contribution in [0.4, 0.5) is 0 Å². The van der Waals surface area contributed by atoms with Crippen LogP contribution in [0.1, 0.15) is 31.2 Å². The van der Waals surface area contributed by atoms with Crippen molar-refractivity contribution >= 4 is 49.0 Å². The summed E-state index contributed by atoms with van der Waals surface area (Å²) in [6, 6.07) is 9.10. The van der Waals surface area contributed by atoms with Crippen LogP contribution in [0.15, 0.2) is 61.8 Å². The summed E-state index contributed by atoms with van der Waals surface area (Å²) in [6.45, 7) is 6.13. The second-order valence-electron chi connectivity index (χ2n) is 6.78. The predicted octanol–water partition coefficient (Wildman–Crippen LogP) is 5.72. The van der Waals surface area contributed by atoms with Crippen molar-refractivity contribution in [3.05, 3.63) is 73.7 Å². The molecule has 1 heterocycles. The van der Waals surface area contributed by atoms with Gasteiger partial charge in [0.2, 0.25) is 0 Å². The van der Waals surface area contributed by atoms with E-state index in [1.807, 2.05) is 12.1 Å². The van der Waals surface area contributed by atoms with Gasteiger partial charge < -0.3 is 9.47 Å². The largest absolute Gasteiger partial charge is 0.493 e. The van der Waals surface area contributed by atoms with Gasteiger partial charge in [-0.05, 0) is 52.7 Å². The zero-order chi connectivity index (χ0) is 22.4. The van der Waals surface area contributed by atoms with Crippen molar-refractivity contribution in [3.8, 4) is 11.5 Å². The highest BCUT2D eigenvalue weighted by atomic mass is 79.9. The molecule has 0 aliphatic rings. The van der Waals surface area contributed by atoms with Crippen LogP contribution in [0.5, 0.6) is 11.5 Å². The number of nitrogens with zero attached hydrogens (tertiary/aromatic N) is 3. The molecule has 0 aliphatic carbocycles. The van der Waals surface area contributed by atoms with E-state index in [9.17, 15) is 4.79 Å². The highest BCUT2D eigenvalue weighted by Crippen LogP contribution is 2.33. The molecule has 3 rings (SSSR count). The zero-order valence-corrected chi connectivity index (χ0v) is 20.6. The molecule has 0 amide bonds. The number of methoxy groups -OCH3 is 1. The molecule has 0 aliphatic heterocycles. The van der Waals surface area contributed by atoms with Crippen LogP contribution in [-0.2, 0) is 6.42 Å². The van der Waals surface area contributed by atoms with E-state index >= 15 is 0 Å². The molecule has 0 radical (unpaired) electrons. The summed E-state index contributed by atoms with van der Waals surface area (Å²) in [5.41, 5.74) is 1.20. The number of aromatic nitrogens is 2. The Morgan fingerprint density at radius 2 is 2.03 bits per heavy atom. The van der Waals surface area contributed by atoms with Crippen molar-refractivity contribution in [3.63, 3.8) is 0 Å². The molecule has 162 valence electrons. The quantitative estimate of drug-likeness (QED) is 0.253. The van der Waals surface area contributed by atoms with E-state index in [1.54, 1.807) is 37.6 Å². The number of rotatable bonds is 9. The highest BCUT2D eigenvalue weighted by molar-refractivity contribution is 9.10. The first kappa shape index (κ1) is 23.2. The van der Waals surface area contributed by atoms with Crippen LogP contribution in [-0.4, -0.2) is 29.6 Å². The van der Waals surface area contributed by atoms with Gasteiger partial charge in [0.15, 0.2) is 11.5 Å². The molecule has 1 aromatic heterocycles. The number of halogens is 2. The Kier molecular flexibility index (Phi) is 8.03. The van der Waals surface area contributed by atoms with E-state index < -0.39 is 0 Å². The maximum Gasteiger partial charge on any atom is 0.282 e. The van der Waals surface area contributed by atoms with Crippen molar-refractivity contribution < 1.29 is 9.47 Å². The van der Waals surface area contributed by atoms with E-state index in [-0.39, 0.29) is 5.56 Å². The van der Waals surface area contributed by atoms with Crippen LogP contribution in [0.3, 0.4) is 0 Å². The highest BCUT2D eigenvalue weighted by Gasteiger charge is 2.12. The molecule has 0 bridgehead atoms. The van der Waals surface area contributed by atoms with Gasteiger partial charge in [-0.25, -0.2) is 4.98 Å². The summed E-state index contributed by atoms with van der Waals surface area (Å²) in [5.74, 6) is 1.78. The molecule has 0 unspecified atom stereocenters. The topological polar surface area (TPSA) is 65.7 Å². The predicted molar refractivity (Wildman–Crippen MR) is 132 cm³/mol. The Hall–Kier alpha value is -2.45. The van der Waals surface area contributed by atoms with Gasteiger partial charge in [-0.15, -0.1) is 0 Å². The summed E-state index contributed by atoms with van der Waals surface area (Å²) in [6.07, 6.45) is 5.85. The molecule has 0 fully saturated rings. The Bertz CT molecular complexity index is 1190. The summed E-state index contributed by atoms with van der Waals surface area (Å²) < 4.78 is 14.0. The maximum absolute atomic E-state index is 13.2. The SMILES string of the molecule is C=CCOc1cc(Br)c(C=Nn2c(CCCC)nc3ccc(Br)cc3c2=O)cc1OC. The van der Waals surface area contributed by atoms with Crippen molar-refractivity contribution in [1.29, 1.82) is 0 Å². The van der Waals surface area contributed by atoms with Gasteiger partial charge >= 0.3 is 0 Å². The van der Waals surface area contributed by atoms with Gasteiger partial charge in [-0.2, -0.15) is 9.78 Å². The van der Waals surface area contributed by atoms with Crippen LogP contribution in [0, 0.1) is 0 Å². The third kappa shape index (κ3) is 5.43. The fourth-order valence-electron chi connectivity index (χ4n) is 3.00. The molecular formula is C23H23Br2N3O3. The fraction of sp³-hybridized carbons (Fsp3) is 0.261. The second-order valence-corrected chi connectivity index (χ2v) is 8.55. The molecule has 0 saturated carbocycles. The second kappa shape index (κ2) is 10.7. The Labute approximate surface area is 197 Å². The van der Waals surface area contributed by atoms with E-state index in [4.69, 9.17) is 14.5 Å². The average molecular weight is 549 g/mol. The van der Waals surface area contributed by atoms with E-state index in [1.165, 1.54) is 4.68 Å². The molecule has 6 nitrogen and oxygen atoms in total. The number of benzene rings is 2.